The number of hydrogen-bond donors (Lipinski definition) is 1. The second-order valence-electron chi connectivity index (χ2n) is 5.79. The van der Waals surface area contributed by atoms with E-state index < -0.39 is 12.0 Å². The molecule has 0 saturated heterocycles. The highest BCUT2D eigenvalue weighted by Crippen LogP contribution is 2.33. The molecule has 1 N–H and O–H groups in total. The highest BCUT2D eigenvalue weighted by molar-refractivity contribution is 8.13. The molecule has 2 nitrogen and oxygen atoms in total. The van der Waals surface area contributed by atoms with Crippen molar-refractivity contribution < 1.29 is 9.90 Å². The van der Waals surface area contributed by atoms with E-state index in [9.17, 15) is 9.90 Å². The lowest BCUT2D eigenvalue weighted by Crippen LogP contribution is -2.17. The topological polar surface area (TPSA) is 37.3 Å². The van der Waals surface area contributed by atoms with E-state index in [0.717, 1.165) is 21.6 Å². The summed E-state index contributed by atoms with van der Waals surface area (Å²) in [4.78, 5) is 13.5. The highest BCUT2D eigenvalue weighted by atomic mass is 32.2. The van der Waals surface area contributed by atoms with Crippen LogP contribution in [0.5, 0.6) is 0 Å². The number of carbonyl (C=O) groups is 1. The van der Waals surface area contributed by atoms with Gasteiger partial charge in [-0.25, -0.2) is 0 Å². The Morgan fingerprint density at radius 2 is 1.59 bits per heavy atom. The van der Waals surface area contributed by atoms with E-state index in [4.69, 9.17) is 0 Å². The summed E-state index contributed by atoms with van der Waals surface area (Å²) in [6.45, 7) is 7.88. The Hall–Kier alpha value is -1.58. The largest absolute Gasteiger partial charge is 0.388 e. The van der Waals surface area contributed by atoms with Crippen molar-refractivity contribution in [3.8, 4) is 0 Å². The van der Waals surface area contributed by atoms with Crippen molar-refractivity contribution >= 4 is 16.9 Å². The molecule has 2 aromatic carbocycles. The molecule has 0 amide bonds. The van der Waals surface area contributed by atoms with Crippen molar-refractivity contribution in [1.82, 2.24) is 0 Å². The van der Waals surface area contributed by atoms with Crippen molar-refractivity contribution in [1.29, 1.82) is 0 Å². The Bertz CT molecular complexity index is 641. The predicted octanol–water partition coefficient (Wildman–Crippen LogP) is 4.60. The minimum Gasteiger partial charge on any atom is -0.388 e. The van der Waals surface area contributed by atoms with E-state index in [0.29, 0.717) is 0 Å². The fraction of sp³-hybridized carbons (Fsp3) is 0.316. The van der Waals surface area contributed by atoms with Gasteiger partial charge in [0, 0.05) is 4.90 Å². The van der Waals surface area contributed by atoms with Gasteiger partial charge in [0.2, 0.25) is 0 Å². The second-order valence-corrected chi connectivity index (χ2v) is 6.81. The Kier molecular flexibility index (Phi) is 5.43. The molecule has 0 fully saturated rings. The molecule has 0 aliphatic heterocycles. The van der Waals surface area contributed by atoms with Gasteiger partial charge >= 0.3 is 0 Å². The molecule has 0 aliphatic carbocycles. The molecule has 0 heterocycles. The number of aliphatic hydroxyl groups is 1. The van der Waals surface area contributed by atoms with E-state index >= 15 is 0 Å². The number of thioether (sulfide) groups is 1. The molecule has 2 atom stereocenters. The molecule has 3 heteroatoms. The maximum Gasteiger partial charge on any atom is 0.199 e. The first kappa shape index (κ1) is 16.8. The molecular weight excluding hydrogens is 292 g/mol. The minimum atomic E-state index is -0.771. The van der Waals surface area contributed by atoms with Gasteiger partial charge in [0.25, 0.3) is 0 Å². The smallest absolute Gasteiger partial charge is 0.199 e. The van der Waals surface area contributed by atoms with Gasteiger partial charge in [-0.15, -0.1) is 0 Å². The average molecular weight is 314 g/mol. The van der Waals surface area contributed by atoms with Crippen LogP contribution < -0.4 is 0 Å². The normalized spacial score (nSPS) is 13.7. The first-order valence-corrected chi connectivity index (χ1v) is 8.24. The van der Waals surface area contributed by atoms with Crippen LogP contribution in [0.1, 0.15) is 35.3 Å². The minimum absolute atomic E-state index is 0.00796. The summed E-state index contributed by atoms with van der Waals surface area (Å²) >= 11 is 1.24. The first-order valence-electron chi connectivity index (χ1n) is 7.42. The van der Waals surface area contributed by atoms with Crippen molar-refractivity contribution in [2.75, 3.05) is 0 Å². The summed E-state index contributed by atoms with van der Waals surface area (Å²) in [5.41, 5.74) is 4.19. The third-order valence-electron chi connectivity index (χ3n) is 3.79. The predicted molar refractivity (Wildman–Crippen MR) is 92.1 cm³/mol. The van der Waals surface area contributed by atoms with Gasteiger partial charge in [0.15, 0.2) is 5.12 Å². The van der Waals surface area contributed by atoms with Crippen LogP contribution in [0.3, 0.4) is 0 Å². The van der Waals surface area contributed by atoms with Crippen LogP contribution in [-0.4, -0.2) is 10.2 Å². The van der Waals surface area contributed by atoms with Gasteiger partial charge in [-0.05, 0) is 37.5 Å². The number of rotatable bonds is 4. The number of hydrogen-bond acceptors (Lipinski definition) is 3. The third-order valence-corrected chi connectivity index (χ3v) is 5.21. The van der Waals surface area contributed by atoms with Crippen molar-refractivity contribution in [3.63, 3.8) is 0 Å². The molecule has 0 radical (unpaired) electrons. The van der Waals surface area contributed by atoms with E-state index in [2.05, 4.69) is 19.1 Å². The summed E-state index contributed by atoms with van der Waals surface area (Å²) in [5.74, 6) is -0.451. The van der Waals surface area contributed by atoms with Crippen molar-refractivity contribution in [2.24, 2.45) is 5.92 Å². The maximum absolute atomic E-state index is 12.5. The van der Waals surface area contributed by atoms with Gasteiger partial charge in [-0.2, -0.15) is 0 Å². The number of aryl methyl sites for hydroxylation is 3. The van der Waals surface area contributed by atoms with Gasteiger partial charge in [0.1, 0.15) is 0 Å². The molecule has 22 heavy (non-hydrogen) atoms. The van der Waals surface area contributed by atoms with Crippen molar-refractivity contribution in [3.05, 3.63) is 64.7 Å². The molecule has 0 unspecified atom stereocenters. The summed E-state index contributed by atoms with van der Waals surface area (Å²) < 4.78 is 0. The van der Waals surface area contributed by atoms with Crippen molar-refractivity contribution in [2.45, 2.75) is 38.7 Å². The molecule has 0 spiro atoms. The summed E-state index contributed by atoms with van der Waals surface area (Å²) in [6.07, 6.45) is -0.771. The van der Waals surface area contributed by atoms with Crippen LogP contribution in [0.2, 0.25) is 0 Å². The fourth-order valence-corrected chi connectivity index (χ4v) is 3.54. The molecule has 2 rings (SSSR count). The molecule has 116 valence electrons. The SMILES string of the molecule is Cc1cc(C)c(SC(=O)[C@@H](C)[C@H](O)c2ccccc2)c(C)c1. The Morgan fingerprint density at radius 1 is 1.05 bits per heavy atom. The monoisotopic (exact) mass is 314 g/mol. The zero-order chi connectivity index (χ0) is 16.3. The van der Waals surface area contributed by atoms with Crippen LogP contribution in [-0.2, 0) is 4.79 Å². The van der Waals surface area contributed by atoms with Gasteiger partial charge in [-0.3, -0.25) is 4.79 Å². The van der Waals surface area contributed by atoms with Crippen LogP contribution in [0.25, 0.3) is 0 Å². The zero-order valence-electron chi connectivity index (χ0n) is 13.5. The Morgan fingerprint density at radius 3 is 2.14 bits per heavy atom. The van der Waals surface area contributed by atoms with E-state index in [1.165, 1.54) is 17.3 Å². The Labute approximate surface area is 136 Å². The average Bonchev–Trinajstić information content (AvgIpc) is 2.50. The van der Waals surface area contributed by atoms with E-state index in [1.54, 1.807) is 6.92 Å². The summed E-state index contributed by atoms with van der Waals surface area (Å²) in [5, 5.41) is 10.4. The lowest BCUT2D eigenvalue weighted by Gasteiger charge is -2.19. The first-order chi connectivity index (χ1) is 10.4. The molecule has 0 aliphatic rings. The van der Waals surface area contributed by atoms with E-state index in [1.807, 2.05) is 44.2 Å². The van der Waals surface area contributed by atoms with Crippen LogP contribution in [0.15, 0.2) is 47.4 Å². The van der Waals surface area contributed by atoms with Gasteiger partial charge < -0.3 is 5.11 Å². The number of aliphatic hydroxyl groups excluding tert-OH is 1. The lowest BCUT2D eigenvalue weighted by molar-refractivity contribution is -0.117. The van der Waals surface area contributed by atoms with Gasteiger partial charge in [-0.1, -0.05) is 66.7 Å². The number of carbonyl (C=O) groups excluding carboxylic acids is 1. The maximum atomic E-state index is 12.5. The molecule has 2 aromatic rings. The van der Waals surface area contributed by atoms with Gasteiger partial charge in [0.05, 0.1) is 12.0 Å². The molecular formula is C19H22O2S. The lowest BCUT2D eigenvalue weighted by atomic mass is 9.99. The van der Waals surface area contributed by atoms with Crippen LogP contribution >= 0.6 is 11.8 Å². The van der Waals surface area contributed by atoms with Crippen LogP contribution in [0.4, 0.5) is 0 Å². The fourth-order valence-electron chi connectivity index (χ4n) is 2.59. The van der Waals surface area contributed by atoms with Crippen LogP contribution in [0, 0.1) is 26.7 Å². The summed E-state index contributed by atoms with van der Waals surface area (Å²) in [7, 11) is 0. The van der Waals surface area contributed by atoms with E-state index in [-0.39, 0.29) is 5.12 Å². The zero-order valence-corrected chi connectivity index (χ0v) is 14.3. The quantitative estimate of drug-likeness (QED) is 0.838. The molecule has 0 saturated carbocycles. The third kappa shape index (κ3) is 3.79. The summed E-state index contributed by atoms with van der Waals surface area (Å²) in [6, 6.07) is 13.5. The molecule has 0 aromatic heterocycles. The molecule has 0 bridgehead atoms. The highest BCUT2D eigenvalue weighted by Gasteiger charge is 2.25. The Balaban J connectivity index is 2.16. The number of benzene rings is 2. The second kappa shape index (κ2) is 7.12. The standard InChI is InChI=1S/C19H22O2S/c1-12-10-13(2)18(14(3)11-12)22-19(21)15(4)17(20)16-8-6-5-7-9-16/h5-11,15,17,20H,1-4H3/t15-,17-/m0/s1.